The first-order chi connectivity index (χ1) is 16.7. The van der Waals surface area contributed by atoms with Gasteiger partial charge in [0.25, 0.3) is 15.9 Å². The number of carbonyl (C=O) groups excluding carboxylic acids is 1. The number of nitrogens with one attached hydrogen (secondary N) is 3. The molecule has 8 heteroatoms. The lowest BCUT2D eigenvalue weighted by atomic mass is 9.87. The summed E-state index contributed by atoms with van der Waals surface area (Å²) in [5.41, 5.74) is 5.19. The smallest absolute Gasteiger partial charge is 0.262 e. The van der Waals surface area contributed by atoms with Crippen molar-refractivity contribution in [2.45, 2.75) is 38.0 Å². The van der Waals surface area contributed by atoms with Gasteiger partial charge in [0, 0.05) is 33.5 Å². The molecule has 0 aliphatic heterocycles. The number of sulfonamides is 1. The summed E-state index contributed by atoms with van der Waals surface area (Å²) in [6.45, 7) is 3.92. The van der Waals surface area contributed by atoms with E-state index in [1.54, 1.807) is 25.1 Å². The van der Waals surface area contributed by atoms with Gasteiger partial charge >= 0.3 is 0 Å². The first kappa shape index (κ1) is 23.1. The molecule has 0 saturated heterocycles. The van der Waals surface area contributed by atoms with Crippen LogP contribution in [0.2, 0.25) is 0 Å². The Balaban J connectivity index is 1.40. The number of hydrogen-bond acceptors (Lipinski definition) is 3. The fourth-order valence-corrected chi connectivity index (χ4v) is 5.96. The van der Waals surface area contributed by atoms with Crippen molar-refractivity contribution in [2.75, 3.05) is 10.0 Å². The van der Waals surface area contributed by atoms with Crippen LogP contribution in [-0.2, 0) is 22.9 Å². The maximum Gasteiger partial charge on any atom is 0.262 e. The molecule has 1 atom stereocenters. The summed E-state index contributed by atoms with van der Waals surface area (Å²) in [6.07, 6.45) is 3.15. The van der Waals surface area contributed by atoms with Gasteiger partial charge in [-0.15, -0.1) is 0 Å². The van der Waals surface area contributed by atoms with Gasteiger partial charge < -0.3 is 10.3 Å². The van der Waals surface area contributed by atoms with Crippen LogP contribution in [0.5, 0.6) is 0 Å². The summed E-state index contributed by atoms with van der Waals surface area (Å²) in [5, 5.41) is 3.89. The van der Waals surface area contributed by atoms with Crippen molar-refractivity contribution < 1.29 is 17.6 Å². The number of halogens is 1. The third-order valence-electron chi connectivity index (χ3n) is 6.53. The topological polar surface area (TPSA) is 91.1 Å². The quantitative estimate of drug-likeness (QED) is 0.330. The van der Waals surface area contributed by atoms with Crippen LogP contribution >= 0.6 is 0 Å². The standard InChI is InChI=1S/C27H26FN3O3S/c1-16-3-11-24-22(13-16)23-14-18(5-12-25(23)30-24)27(32)29-21-8-4-17(2)26(15-21)35(33,34)31-20-9-6-19(28)7-10-20/h4-10,12,14-16,30-31H,3,11,13H2,1-2H3,(H,29,32). The lowest BCUT2D eigenvalue weighted by molar-refractivity contribution is 0.102. The molecule has 1 heterocycles. The van der Waals surface area contributed by atoms with Crippen LogP contribution in [0.1, 0.15) is 40.5 Å². The minimum Gasteiger partial charge on any atom is -0.358 e. The second-order valence-electron chi connectivity index (χ2n) is 9.24. The number of aromatic nitrogens is 1. The number of hydrogen-bond donors (Lipinski definition) is 3. The predicted octanol–water partition coefficient (Wildman–Crippen LogP) is 5.79. The molecule has 1 aliphatic rings. The van der Waals surface area contributed by atoms with E-state index >= 15 is 0 Å². The molecule has 3 aromatic carbocycles. The molecule has 0 fully saturated rings. The van der Waals surface area contributed by atoms with Gasteiger partial charge in [-0.1, -0.05) is 13.0 Å². The second-order valence-corrected chi connectivity index (χ2v) is 10.9. The van der Waals surface area contributed by atoms with Gasteiger partial charge in [-0.2, -0.15) is 0 Å². The molecule has 180 valence electrons. The van der Waals surface area contributed by atoms with Gasteiger partial charge in [-0.25, -0.2) is 12.8 Å². The molecule has 1 aliphatic carbocycles. The zero-order valence-electron chi connectivity index (χ0n) is 19.5. The van der Waals surface area contributed by atoms with Crippen LogP contribution in [0.3, 0.4) is 0 Å². The van der Waals surface area contributed by atoms with Crippen molar-refractivity contribution in [3.05, 3.63) is 88.9 Å². The first-order valence-corrected chi connectivity index (χ1v) is 13.0. The van der Waals surface area contributed by atoms with Crippen molar-refractivity contribution in [3.63, 3.8) is 0 Å². The predicted molar refractivity (Wildman–Crippen MR) is 136 cm³/mol. The van der Waals surface area contributed by atoms with Gasteiger partial charge in [0.15, 0.2) is 0 Å². The van der Waals surface area contributed by atoms with Crippen molar-refractivity contribution in [3.8, 4) is 0 Å². The monoisotopic (exact) mass is 491 g/mol. The molecule has 0 bridgehead atoms. The average molecular weight is 492 g/mol. The van der Waals surface area contributed by atoms with Crippen LogP contribution in [0.4, 0.5) is 15.8 Å². The summed E-state index contributed by atoms with van der Waals surface area (Å²) in [5.74, 6) is -0.165. The number of benzene rings is 3. The summed E-state index contributed by atoms with van der Waals surface area (Å²) < 4.78 is 41.6. The Labute approximate surface area is 203 Å². The third kappa shape index (κ3) is 4.66. The Morgan fingerprint density at radius 2 is 1.77 bits per heavy atom. The van der Waals surface area contributed by atoms with Crippen molar-refractivity contribution in [1.29, 1.82) is 0 Å². The van der Waals surface area contributed by atoms with Crippen LogP contribution in [0.15, 0.2) is 65.6 Å². The molecular weight excluding hydrogens is 465 g/mol. The molecular formula is C27H26FN3O3S. The van der Waals surface area contributed by atoms with Crippen LogP contribution in [0, 0.1) is 18.7 Å². The van der Waals surface area contributed by atoms with E-state index in [0.717, 1.165) is 30.2 Å². The number of fused-ring (bicyclic) bond motifs is 3. The summed E-state index contributed by atoms with van der Waals surface area (Å²) in [7, 11) is -3.94. The van der Waals surface area contributed by atoms with E-state index in [-0.39, 0.29) is 16.5 Å². The molecule has 0 radical (unpaired) electrons. The molecule has 1 unspecified atom stereocenters. The van der Waals surface area contributed by atoms with Crippen molar-refractivity contribution >= 4 is 38.2 Å². The van der Waals surface area contributed by atoms with Gasteiger partial charge in [-0.05, 0) is 97.8 Å². The number of H-pyrrole nitrogens is 1. The highest BCUT2D eigenvalue weighted by molar-refractivity contribution is 7.92. The maximum absolute atomic E-state index is 13.2. The van der Waals surface area contributed by atoms with E-state index in [0.29, 0.717) is 22.7 Å². The Hall–Kier alpha value is -3.65. The highest BCUT2D eigenvalue weighted by atomic mass is 32.2. The van der Waals surface area contributed by atoms with Gasteiger partial charge in [0.2, 0.25) is 0 Å². The Morgan fingerprint density at radius 1 is 1.03 bits per heavy atom. The minimum atomic E-state index is -3.94. The van der Waals surface area contributed by atoms with Gasteiger partial charge in [-0.3, -0.25) is 9.52 Å². The van der Waals surface area contributed by atoms with E-state index in [4.69, 9.17) is 0 Å². The minimum absolute atomic E-state index is 0.0313. The Kier molecular flexibility index (Phi) is 5.84. The summed E-state index contributed by atoms with van der Waals surface area (Å²) in [4.78, 5) is 16.6. The lowest BCUT2D eigenvalue weighted by Crippen LogP contribution is -2.16. The zero-order chi connectivity index (χ0) is 24.7. The third-order valence-corrected chi connectivity index (χ3v) is 8.05. The number of rotatable bonds is 5. The highest BCUT2D eigenvalue weighted by Crippen LogP contribution is 2.32. The van der Waals surface area contributed by atoms with E-state index in [2.05, 4.69) is 21.9 Å². The molecule has 5 rings (SSSR count). The van der Waals surface area contributed by atoms with Crippen LogP contribution in [-0.4, -0.2) is 19.3 Å². The fourth-order valence-electron chi connectivity index (χ4n) is 4.63. The molecule has 4 aromatic rings. The highest BCUT2D eigenvalue weighted by Gasteiger charge is 2.21. The van der Waals surface area contributed by atoms with E-state index < -0.39 is 15.8 Å². The van der Waals surface area contributed by atoms with Crippen LogP contribution in [0.25, 0.3) is 10.9 Å². The molecule has 0 spiro atoms. The molecule has 1 aromatic heterocycles. The van der Waals surface area contributed by atoms with E-state index in [1.807, 2.05) is 12.1 Å². The Morgan fingerprint density at radius 3 is 2.54 bits per heavy atom. The molecule has 6 nitrogen and oxygen atoms in total. The molecule has 35 heavy (non-hydrogen) atoms. The molecule has 3 N–H and O–H groups in total. The summed E-state index contributed by atoms with van der Waals surface area (Å²) >= 11 is 0. The second kappa shape index (κ2) is 8.85. The normalized spacial score (nSPS) is 15.6. The maximum atomic E-state index is 13.2. The molecule has 0 saturated carbocycles. The lowest BCUT2D eigenvalue weighted by Gasteiger charge is -2.18. The number of aromatic amines is 1. The average Bonchev–Trinajstić information content (AvgIpc) is 3.18. The SMILES string of the molecule is Cc1ccc(NC(=O)c2ccc3[nH]c4c(c3c2)CC(C)CC4)cc1S(=O)(=O)Nc1ccc(F)cc1. The number of aryl methyl sites for hydroxylation is 2. The van der Waals surface area contributed by atoms with Gasteiger partial charge in [0.1, 0.15) is 5.82 Å². The number of carbonyl (C=O) groups is 1. The number of amides is 1. The van der Waals surface area contributed by atoms with E-state index in [1.165, 1.54) is 41.6 Å². The van der Waals surface area contributed by atoms with Crippen LogP contribution < -0.4 is 10.0 Å². The summed E-state index contributed by atoms with van der Waals surface area (Å²) in [6, 6.07) is 15.4. The first-order valence-electron chi connectivity index (χ1n) is 11.5. The van der Waals surface area contributed by atoms with E-state index in [9.17, 15) is 17.6 Å². The van der Waals surface area contributed by atoms with Crippen molar-refractivity contribution in [1.82, 2.24) is 4.98 Å². The molecule has 1 amide bonds. The Bertz CT molecular complexity index is 1540. The van der Waals surface area contributed by atoms with Gasteiger partial charge in [0.05, 0.1) is 4.90 Å². The zero-order valence-corrected chi connectivity index (χ0v) is 20.3. The number of anilines is 2. The fraction of sp³-hybridized carbons (Fsp3) is 0.222. The van der Waals surface area contributed by atoms with Crippen molar-refractivity contribution in [2.24, 2.45) is 5.92 Å². The largest absolute Gasteiger partial charge is 0.358 e.